The van der Waals surface area contributed by atoms with Gasteiger partial charge in [-0.2, -0.15) is 0 Å². The number of rotatable bonds is 8. The third-order valence-corrected chi connectivity index (χ3v) is 4.58. The molecule has 7 nitrogen and oxygen atoms in total. The Bertz CT molecular complexity index is 607. The number of hydrogen-bond donors (Lipinski definition) is 1. The number of nitro groups is 1. The van der Waals surface area contributed by atoms with Crippen LogP contribution in [0.3, 0.4) is 0 Å². The largest absolute Gasteiger partial charge is 0.384 e. The summed E-state index contributed by atoms with van der Waals surface area (Å²) in [5.41, 5.74) is 0.518. The molecule has 21 heavy (non-hydrogen) atoms. The fraction of sp³-hybridized carbons (Fsp3) is 0.500. The maximum Gasteiger partial charge on any atom is 0.271 e. The van der Waals surface area contributed by atoms with E-state index in [2.05, 4.69) is 5.32 Å². The first-order valence-electron chi connectivity index (χ1n) is 6.38. The summed E-state index contributed by atoms with van der Waals surface area (Å²) in [6.07, 6.45) is 1.78. The van der Waals surface area contributed by atoms with Crippen LogP contribution >= 0.6 is 11.6 Å². The van der Waals surface area contributed by atoms with Crippen LogP contribution in [-0.4, -0.2) is 43.5 Å². The maximum atomic E-state index is 11.4. The molecule has 0 saturated carbocycles. The quantitative estimate of drug-likeness (QED) is 0.447. The van der Waals surface area contributed by atoms with Crippen LogP contribution in [0.1, 0.15) is 13.3 Å². The number of benzene rings is 1. The van der Waals surface area contributed by atoms with Crippen molar-refractivity contribution in [3.05, 3.63) is 33.3 Å². The highest BCUT2D eigenvalue weighted by Gasteiger charge is 2.13. The summed E-state index contributed by atoms with van der Waals surface area (Å²) < 4.78 is 24.2. The van der Waals surface area contributed by atoms with Gasteiger partial charge in [-0.3, -0.25) is 10.1 Å². The second-order valence-corrected chi connectivity index (χ2v) is 6.85. The third-order valence-electron chi connectivity index (χ3n) is 2.88. The SMILES string of the molecule is CCN(CCCNc1ccc([N+](=O)[O-])cc1Cl)S(C)(=O)=O. The van der Waals surface area contributed by atoms with E-state index in [1.165, 1.54) is 28.8 Å². The van der Waals surface area contributed by atoms with Crippen LogP contribution < -0.4 is 5.32 Å². The van der Waals surface area contributed by atoms with Gasteiger partial charge >= 0.3 is 0 Å². The molecule has 0 aromatic heterocycles. The first-order chi connectivity index (χ1) is 9.75. The van der Waals surface area contributed by atoms with Gasteiger partial charge in [-0.1, -0.05) is 18.5 Å². The smallest absolute Gasteiger partial charge is 0.271 e. The molecule has 0 radical (unpaired) electrons. The van der Waals surface area contributed by atoms with Crippen molar-refractivity contribution < 1.29 is 13.3 Å². The van der Waals surface area contributed by atoms with Crippen LogP contribution in [0.15, 0.2) is 18.2 Å². The number of nitro benzene ring substituents is 1. The van der Waals surface area contributed by atoms with Gasteiger partial charge in [-0.15, -0.1) is 0 Å². The highest BCUT2D eigenvalue weighted by atomic mass is 35.5. The Hall–Kier alpha value is -1.38. The zero-order valence-corrected chi connectivity index (χ0v) is 13.4. The summed E-state index contributed by atoms with van der Waals surface area (Å²) in [5.74, 6) is 0. The molecule has 0 spiro atoms. The van der Waals surface area contributed by atoms with E-state index in [0.29, 0.717) is 31.7 Å². The molecule has 1 aromatic carbocycles. The van der Waals surface area contributed by atoms with Crippen LogP contribution in [-0.2, 0) is 10.0 Å². The lowest BCUT2D eigenvalue weighted by Crippen LogP contribution is -2.31. The summed E-state index contributed by atoms with van der Waals surface area (Å²) >= 11 is 5.94. The molecule has 1 aromatic rings. The third kappa shape index (κ3) is 5.49. The zero-order valence-electron chi connectivity index (χ0n) is 11.9. The minimum atomic E-state index is -3.18. The molecule has 0 heterocycles. The van der Waals surface area contributed by atoms with Gasteiger partial charge in [-0.05, 0) is 12.5 Å². The van der Waals surface area contributed by atoms with Gasteiger partial charge in [-0.25, -0.2) is 12.7 Å². The molecule has 0 aliphatic rings. The maximum absolute atomic E-state index is 11.4. The van der Waals surface area contributed by atoms with E-state index in [1.807, 2.05) is 0 Å². The predicted molar refractivity (Wildman–Crippen MR) is 83.3 cm³/mol. The minimum Gasteiger partial charge on any atom is -0.384 e. The number of anilines is 1. The van der Waals surface area contributed by atoms with Gasteiger partial charge in [0, 0.05) is 31.8 Å². The fourth-order valence-corrected chi connectivity index (χ4v) is 2.97. The average molecular weight is 336 g/mol. The molecular weight excluding hydrogens is 318 g/mol. The normalized spacial score (nSPS) is 11.6. The van der Waals surface area contributed by atoms with Gasteiger partial charge in [0.2, 0.25) is 10.0 Å². The van der Waals surface area contributed by atoms with E-state index in [-0.39, 0.29) is 10.7 Å². The Kier molecular flexibility index (Phi) is 6.38. The molecule has 1 rings (SSSR count). The number of nitrogens with one attached hydrogen (secondary N) is 1. The summed E-state index contributed by atoms with van der Waals surface area (Å²) in [5, 5.41) is 13.9. The number of nitrogens with zero attached hydrogens (tertiary/aromatic N) is 2. The second kappa shape index (κ2) is 7.58. The van der Waals surface area contributed by atoms with Gasteiger partial charge in [0.25, 0.3) is 5.69 Å². The molecule has 0 atom stereocenters. The highest BCUT2D eigenvalue weighted by Crippen LogP contribution is 2.26. The van der Waals surface area contributed by atoms with Crippen LogP contribution in [0.4, 0.5) is 11.4 Å². The van der Waals surface area contributed by atoms with Crippen LogP contribution in [0.25, 0.3) is 0 Å². The summed E-state index contributed by atoms with van der Waals surface area (Å²) in [6, 6.07) is 4.18. The predicted octanol–water partition coefficient (Wildman–Crippen LogP) is 2.33. The molecule has 0 bridgehead atoms. The van der Waals surface area contributed by atoms with Crippen molar-refractivity contribution in [2.24, 2.45) is 0 Å². The highest BCUT2D eigenvalue weighted by molar-refractivity contribution is 7.88. The van der Waals surface area contributed by atoms with Crippen molar-refractivity contribution in [3.8, 4) is 0 Å². The molecule has 0 fully saturated rings. The Labute approximate surface area is 129 Å². The lowest BCUT2D eigenvalue weighted by atomic mass is 10.2. The number of hydrogen-bond acceptors (Lipinski definition) is 5. The monoisotopic (exact) mass is 335 g/mol. The molecule has 1 N–H and O–H groups in total. The Morgan fingerprint density at radius 3 is 2.57 bits per heavy atom. The zero-order chi connectivity index (χ0) is 16.0. The van der Waals surface area contributed by atoms with Crippen molar-refractivity contribution in [3.63, 3.8) is 0 Å². The van der Waals surface area contributed by atoms with E-state index in [9.17, 15) is 18.5 Å². The Balaban J connectivity index is 2.52. The van der Waals surface area contributed by atoms with Crippen molar-refractivity contribution in [2.45, 2.75) is 13.3 Å². The van der Waals surface area contributed by atoms with Crippen molar-refractivity contribution >= 4 is 33.0 Å². The van der Waals surface area contributed by atoms with E-state index >= 15 is 0 Å². The lowest BCUT2D eigenvalue weighted by molar-refractivity contribution is -0.384. The van der Waals surface area contributed by atoms with Crippen molar-refractivity contribution in [1.82, 2.24) is 4.31 Å². The van der Waals surface area contributed by atoms with Crippen molar-refractivity contribution in [1.29, 1.82) is 0 Å². The fourth-order valence-electron chi connectivity index (χ4n) is 1.80. The van der Waals surface area contributed by atoms with Crippen molar-refractivity contribution in [2.75, 3.05) is 31.2 Å². The van der Waals surface area contributed by atoms with Gasteiger partial charge in [0.1, 0.15) is 0 Å². The average Bonchev–Trinajstić information content (AvgIpc) is 2.38. The summed E-state index contributed by atoms with van der Waals surface area (Å²) in [4.78, 5) is 10.1. The van der Waals surface area contributed by atoms with Crippen LogP contribution in [0.2, 0.25) is 5.02 Å². The van der Waals surface area contributed by atoms with Crippen LogP contribution in [0.5, 0.6) is 0 Å². The lowest BCUT2D eigenvalue weighted by Gasteiger charge is -2.18. The second-order valence-electron chi connectivity index (χ2n) is 4.46. The molecule has 0 aliphatic carbocycles. The first kappa shape index (κ1) is 17.7. The molecule has 0 amide bonds. The first-order valence-corrected chi connectivity index (χ1v) is 8.61. The molecule has 0 saturated heterocycles. The topological polar surface area (TPSA) is 92.5 Å². The molecule has 118 valence electrons. The van der Waals surface area contributed by atoms with E-state index in [1.54, 1.807) is 6.92 Å². The summed E-state index contributed by atoms with van der Waals surface area (Å²) in [6.45, 7) is 3.13. The Morgan fingerprint density at radius 1 is 1.43 bits per heavy atom. The standard InChI is InChI=1S/C12H18ClN3O4S/c1-3-15(21(2,19)20)8-4-7-14-12-6-5-10(16(17)18)9-11(12)13/h5-6,9,14H,3-4,7-8H2,1-2H3. The number of halogens is 1. The van der Waals surface area contributed by atoms with E-state index in [4.69, 9.17) is 11.6 Å². The molecule has 9 heteroatoms. The van der Waals surface area contributed by atoms with Gasteiger partial charge in [0.05, 0.1) is 21.9 Å². The van der Waals surface area contributed by atoms with Gasteiger partial charge in [0.15, 0.2) is 0 Å². The molecule has 0 unspecified atom stereocenters. The minimum absolute atomic E-state index is 0.0696. The van der Waals surface area contributed by atoms with Crippen LogP contribution in [0, 0.1) is 10.1 Å². The molecular formula is C12H18ClN3O4S. The molecule has 0 aliphatic heterocycles. The summed E-state index contributed by atoms with van der Waals surface area (Å²) in [7, 11) is -3.18. The van der Waals surface area contributed by atoms with Gasteiger partial charge < -0.3 is 5.32 Å². The van der Waals surface area contributed by atoms with E-state index in [0.717, 1.165) is 0 Å². The Morgan fingerprint density at radius 2 is 2.10 bits per heavy atom. The van der Waals surface area contributed by atoms with E-state index < -0.39 is 14.9 Å². The number of sulfonamides is 1. The number of non-ortho nitro benzene ring substituents is 1.